The molecule has 0 saturated carbocycles. The molecule has 0 atom stereocenters. The number of hydrogen-bond acceptors (Lipinski definition) is 6. The van der Waals surface area contributed by atoms with E-state index in [1.807, 2.05) is 0 Å². The Hall–Kier alpha value is -2.35. The summed E-state index contributed by atoms with van der Waals surface area (Å²) in [6.07, 6.45) is 0. The van der Waals surface area contributed by atoms with Crippen LogP contribution in [0.25, 0.3) is 0 Å². The lowest BCUT2D eigenvalue weighted by molar-refractivity contribution is 0.0695. The van der Waals surface area contributed by atoms with Crippen LogP contribution >= 0.6 is 11.8 Å². The topological polar surface area (TPSA) is 115 Å². The maximum atomic E-state index is 13.0. The second kappa shape index (κ2) is 5.74. The van der Waals surface area contributed by atoms with Crippen LogP contribution in [0.15, 0.2) is 29.4 Å². The lowest BCUT2D eigenvalue weighted by atomic mass is 10.1. The summed E-state index contributed by atoms with van der Waals surface area (Å²) in [5.74, 6) is -1.05. The highest BCUT2D eigenvalue weighted by molar-refractivity contribution is 7.98. The number of nitrogens with two attached hydrogens (primary N) is 2. The van der Waals surface area contributed by atoms with E-state index in [0.717, 1.165) is 6.07 Å². The lowest BCUT2D eigenvalue weighted by Gasteiger charge is -2.06. The minimum atomic E-state index is -1.19. The second-order valence-corrected chi connectivity index (χ2v) is 4.84. The molecular weight excluding hydrogens is 283 g/mol. The molecule has 0 amide bonds. The molecule has 6 nitrogen and oxygen atoms in total. The molecular formula is C12H11FN4O2S. The van der Waals surface area contributed by atoms with Crippen molar-refractivity contribution in [2.24, 2.45) is 0 Å². The minimum absolute atomic E-state index is 0.0885. The van der Waals surface area contributed by atoms with Crippen molar-refractivity contribution in [2.45, 2.75) is 10.9 Å². The standard InChI is InChI=1S/C12H11FN4O2S/c13-7-2-1-6(8(3-7)11(18)19)5-20-12-16-9(14)4-10(15)17-12/h1-4H,5H2,(H,18,19)(H4,14,15,16,17). The predicted octanol–water partition coefficient (Wildman–Crippen LogP) is 1.77. The third-order valence-electron chi connectivity index (χ3n) is 2.40. The summed E-state index contributed by atoms with van der Waals surface area (Å²) in [5, 5.41) is 9.36. The highest BCUT2D eigenvalue weighted by atomic mass is 32.2. The molecule has 0 aliphatic heterocycles. The Morgan fingerprint density at radius 2 is 1.90 bits per heavy atom. The Morgan fingerprint density at radius 1 is 1.25 bits per heavy atom. The van der Waals surface area contributed by atoms with Crippen molar-refractivity contribution < 1.29 is 14.3 Å². The number of rotatable bonds is 4. The van der Waals surface area contributed by atoms with Gasteiger partial charge in [0, 0.05) is 11.8 Å². The number of nitrogens with zero attached hydrogens (tertiary/aromatic N) is 2. The quantitative estimate of drug-likeness (QED) is 0.581. The first-order chi connectivity index (χ1) is 9.45. The van der Waals surface area contributed by atoms with Gasteiger partial charge in [0.25, 0.3) is 0 Å². The van der Waals surface area contributed by atoms with Crippen molar-refractivity contribution in [3.63, 3.8) is 0 Å². The van der Waals surface area contributed by atoms with Gasteiger partial charge >= 0.3 is 5.97 Å². The summed E-state index contributed by atoms with van der Waals surface area (Å²) in [5.41, 5.74) is 11.5. The van der Waals surface area contributed by atoms with Gasteiger partial charge in [0.1, 0.15) is 17.5 Å². The molecule has 1 heterocycles. The smallest absolute Gasteiger partial charge is 0.336 e. The minimum Gasteiger partial charge on any atom is -0.478 e. The van der Waals surface area contributed by atoms with E-state index < -0.39 is 11.8 Å². The highest BCUT2D eigenvalue weighted by Gasteiger charge is 2.12. The molecule has 0 spiro atoms. The number of aromatic carboxylic acids is 1. The molecule has 2 aromatic rings. The molecule has 1 aromatic heterocycles. The first-order valence-electron chi connectivity index (χ1n) is 5.50. The molecule has 0 aliphatic rings. The van der Waals surface area contributed by atoms with Gasteiger partial charge in [0.05, 0.1) is 5.56 Å². The first kappa shape index (κ1) is 14.1. The number of aromatic nitrogens is 2. The number of hydrogen-bond donors (Lipinski definition) is 3. The number of carbonyl (C=O) groups is 1. The molecule has 2 rings (SSSR count). The normalized spacial score (nSPS) is 10.4. The van der Waals surface area contributed by atoms with Gasteiger partial charge in [-0.25, -0.2) is 19.2 Å². The summed E-state index contributed by atoms with van der Waals surface area (Å²) >= 11 is 1.17. The third-order valence-corrected chi connectivity index (χ3v) is 3.30. The maximum Gasteiger partial charge on any atom is 0.336 e. The van der Waals surface area contributed by atoms with Gasteiger partial charge in [0.2, 0.25) is 0 Å². The van der Waals surface area contributed by atoms with E-state index in [-0.39, 0.29) is 23.0 Å². The average molecular weight is 294 g/mol. The van der Waals surface area contributed by atoms with Crippen LogP contribution in [0.3, 0.4) is 0 Å². The summed E-state index contributed by atoms with van der Waals surface area (Å²) in [4.78, 5) is 19.0. The van der Waals surface area contributed by atoms with Gasteiger partial charge < -0.3 is 16.6 Å². The number of carboxylic acid groups (broad SMARTS) is 1. The first-order valence-corrected chi connectivity index (χ1v) is 6.49. The Morgan fingerprint density at radius 3 is 2.50 bits per heavy atom. The van der Waals surface area contributed by atoms with Crippen LogP contribution in [0.4, 0.5) is 16.0 Å². The van der Waals surface area contributed by atoms with Crippen molar-refractivity contribution in [3.8, 4) is 0 Å². The Kier molecular flexibility index (Phi) is 4.04. The molecule has 0 bridgehead atoms. The molecule has 0 aliphatic carbocycles. The molecule has 1 aromatic carbocycles. The number of benzene rings is 1. The fourth-order valence-corrected chi connectivity index (χ4v) is 2.42. The number of halogens is 1. The Balaban J connectivity index is 2.20. The molecule has 0 radical (unpaired) electrons. The van der Waals surface area contributed by atoms with Crippen molar-refractivity contribution >= 4 is 29.4 Å². The lowest BCUT2D eigenvalue weighted by Crippen LogP contribution is -2.03. The van der Waals surface area contributed by atoms with Gasteiger partial charge in [-0.2, -0.15) is 0 Å². The molecule has 0 saturated heterocycles. The van der Waals surface area contributed by atoms with Crippen LogP contribution in [0.5, 0.6) is 0 Å². The van der Waals surface area contributed by atoms with Crippen LogP contribution < -0.4 is 11.5 Å². The van der Waals surface area contributed by atoms with Crippen molar-refractivity contribution in [2.75, 3.05) is 11.5 Å². The van der Waals surface area contributed by atoms with Gasteiger partial charge in [-0.15, -0.1) is 0 Å². The molecule has 0 unspecified atom stereocenters. The van der Waals surface area contributed by atoms with Crippen LogP contribution in [0, 0.1) is 5.82 Å². The van der Waals surface area contributed by atoms with Crippen molar-refractivity contribution in [1.29, 1.82) is 0 Å². The largest absolute Gasteiger partial charge is 0.478 e. The summed E-state index contributed by atoms with van der Waals surface area (Å²) in [7, 11) is 0. The van der Waals surface area contributed by atoms with E-state index in [0.29, 0.717) is 10.7 Å². The summed E-state index contributed by atoms with van der Waals surface area (Å²) in [6, 6.07) is 5.02. The van der Waals surface area contributed by atoms with Crippen LogP contribution in [0.2, 0.25) is 0 Å². The molecule has 104 valence electrons. The van der Waals surface area contributed by atoms with E-state index in [4.69, 9.17) is 16.6 Å². The number of anilines is 2. The van der Waals surface area contributed by atoms with Crippen LogP contribution in [0.1, 0.15) is 15.9 Å². The summed E-state index contributed by atoms with van der Waals surface area (Å²) < 4.78 is 13.0. The van der Waals surface area contributed by atoms with Crippen LogP contribution in [-0.4, -0.2) is 21.0 Å². The Bertz CT molecular complexity index is 646. The number of carboxylic acids is 1. The number of thioether (sulfide) groups is 1. The molecule has 8 heteroatoms. The zero-order valence-corrected chi connectivity index (χ0v) is 11.0. The number of nitrogen functional groups attached to an aromatic ring is 2. The van der Waals surface area contributed by atoms with E-state index in [2.05, 4.69) is 9.97 Å². The maximum absolute atomic E-state index is 13.0. The van der Waals surface area contributed by atoms with Crippen LogP contribution in [-0.2, 0) is 5.75 Å². The second-order valence-electron chi connectivity index (χ2n) is 3.90. The zero-order chi connectivity index (χ0) is 14.7. The fourth-order valence-electron chi connectivity index (χ4n) is 1.54. The monoisotopic (exact) mass is 294 g/mol. The Labute approximate surface area is 118 Å². The predicted molar refractivity (Wildman–Crippen MR) is 73.8 cm³/mol. The molecule has 5 N–H and O–H groups in total. The fraction of sp³-hybridized carbons (Fsp3) is 0.0833. The molecule has 0 fully saturated rings. The molecule has 20 heavy (non-hydrogen) atoms. The van der Waals surface area contributed by atoms with Crippen molar-refractivity contribution in [1.82, 2.24) is 9.97 Å². The van der Waals surface area contributed by atoms with E-state index in [1.54, 1.807) is 0 Å². The van der Waals surface area contributed by atoms with E-state index in [1.165, 1.54) is 30.0 Å². The highest BCUT2D eigenvalue weighted by Crippen LogP contribution is 2.23. The van der Waals surface area contributed by atoms with Gasteiger partial charge in [-0.05, 0) is 17.7 Å². The SMILES string of the molecule is Nc1cc(N)nc(SCc2ccc(F)cc2C(=O)O)n1. The third kappa shape index (κ3) is 3.35. The van der Waals surface area contributed by atoms with Gasteiger partial charge in [-0.3, -0.25) is 0 Å². The van der Waals surface area contributed by atoms with Crippen molar-refractivity contribution in [3.05, 3.63) is 41.2 Å². The van der Waals surface area contributed by atoms with E-state index in [9.17, 15) is 9.18 Å². The average Bonchev–Trinajstić information content (AvgIpc) is 2.36. The zero-order valence-electron chi connectivity index (χ0n) is 10.2. The summed E-state index contributed by atoms with van der Waals surface area (Å²) in [6.45, 7) is 0. The van der Waals surface area contributed by atoms with Gasteiger partial charge in [0.15, 0.2) is 5.16 Å². The van der Waals surface area contributed by atoms with Gasteiger partial charge in [-0.1, -0.05) is 17.8 Å². The van der Waals surface area contributed by atoms with E-state index >= 15 is 0 Å².